The molecule has 0 saturated carbocycles. The van der Waals surface area contributed by atoms with Crippen LogP contribution in [0.25, 0.3) is 0 Å². The van der Waals surface area contributed by atoms with Crippen molar-refractivity contribution in [2.45, 2.75) is 0 Å². The summed E-state index contributed by atoms with van der Waals surface area (Å²) in [6.45, 7) is 0. The van der Waals surface area contributed by atoms with Gasteiger partial charge in [-0.15, -0.1) is 0 Å². The summed E-state index contributed by atoms with van der Waals surface area (Å²) >= 11 is -5.12. The summed E-state index contributed by atoms with van der Waals surface area (Å²) in [6, 6.07) is 0. The van der Waals surface area contributed by atoms with Crippen molar-refractivity contribution < 1.29 is 105 Å². The first kappa shape index (κ1) is 29.4. The van der Waals surface area contributed by atoms with Crippen molar-refractivity contribution in [2.75, 3.05) is 0 Å². The van der Waals surface area contributed by atoms with Crippen LogP contribution in [0.4, 0.5) is 0 Å². The topological polar surface area (TPSA) is 161 Å². The van der Waals surface area contributed by atoms with Gasteiger partial charge in [-0.1, -0.05) is 0 Å². The van der Waals surface area contributed by atoms with Crippen molar-refractivity contribution >= 4 is 7.82 Å². The summed E-state index contributed by atoms with van der Waals surface area (Å²) in [7, 11) is -5.39. The first-order valence-electron chi connectivity index (χ1n) is 1.38. The van der Waals surface area contributed by atoms with Crippen LogP contribution >= 0.6 is 7.82 Å². The maximum absolute atomic E-state index is 8.80. The standard InChI is InChI=1S/3Li.Mn.H3O4P.2H2O.2O/c;;;;1-5(2,3)4;;;;/h;;;;(H3,1,2,3,4);2*1H2;;/q3*+1;+2;;;;;/p-5. The van der Waals surface area contributed by atoms with Crippen molar-refractivity contribution in [1.82, 2.24) is 0 Å². The van der Waals surface area contributed by atoms with Crippen LogP contribution in [0.2, 0.25) is 0 Å². The van der Waals surface area contributed by atoms with E-state index < -0.39 is 21.2 Å². The van der Waals surface area contributed by atoms with E-state index in [-0.39, 0.29) is 56.6 Å². The minimum atomic E-state index is -5.39. The maximum atomic E-state index is 8.80. The third-order valence-electron chi connectivity index (χ3n) is 0. The number of hydrogen-bond acceptors (Lipinski definition) is 6. The van der Waals surface area contributed by atoms with Gasteiger partial charge in [-0.25, -0.2) is 0 Å². The van der Waals surface area contributed by atoms with E-state index >= 15 is 0 Å². The normalized spacial score (nSPS) is 9.00. The number of rotatable bonds is 0. The third kappa shape index (κ3) is 527. The van der Waals surface area contributed by atoms with Gasteiger partial charge in [-0.05, 0) is 0 Å². The molecule has 0 spiro atoms. The van der Waals surface area contributed by atoms with Gasteiger partial charge in [-0.3, -0.25) is 0 Å². The van der Waals surface area contributed by atoms with Gasteiger partial charge in [0.15, 0.2) is 0 Å². The summed E-state index contributed by atoms with van der Waals surface area (Å²) in [5.41, 5.74) is 0. The van der Waals surface area contributed by atoms with Crippen LogP contribution in [0.1, 0.15) is 0 Å². The molecule has 0 radical (unpaired) electrons. The van der Waals surface area contributed by atoms with Crippen LogP contribution < -0.4 is 71.3 Å². The Kier molecular flexibility index (Phi) is 27.2. The van der Waals surface area contributed by atoms with E-state index in [0.29, 0.717) is 0 Å². The van der Waals surface area contributed by atoms with Crippen LogP contribution in [-0.4, -0.2) is 8.38 Å². The zero-order valence-electron chi connectivity index (χ0n) is 7.17. The molecule has 13 heavy (non-hydrogen) atoms. The average molecular weight is 237 g/mol. The Labute approximate surface area is 112 Å². The second-order valence-electron chi connectivity index (χ2n) is 0.862. The summed E-state index contributed by atoms with van der Waals surface area (Å²) in [6.07, 6.45) is 0. The molecule has 0 unspecified atom stereocenters. The van der Waals surface area contributed by atoms with Gasteiger partial charge in [0.05, 0.1) is 0 Å². The molecule has 65 valence electrons. The minimum absolute atomic E-state index is 0. The Hall–Kier alpha value is 1.94. The van der Waals surface area contributed by atoms with Gasteiger partial charge in [0, 0.05) is 0 Å². The fraction of sp³-hybridized carbons (Fsp3) is 0. The first-order chi connectivity index (χ1) is 4.00. The Morgan fingerprint density at radius 1 is 0.923 bits per heavy atom. The Morgan fingerprint density at radius 2 is 0.923 bits per heavy atom. The molecule has 0 aromatic heterocycles. The van der Waals surface area contributed by atoms with E-state index in [9.17, 15) is 0 Å². The molecule has 0 heterocycles. The van der Waals surface area contributed by atoms with Gasteiger partial charge in [0.1, 0.15) is 0 Å². The summed E-state index contributed by atoms with van der Waals surface area (Å²) in [5.74, 6) is 0. The van der Waals surface area contributed by atoms with E-state index in [1.165, 1.54) is 0 Å². The fourth-order valence-corrected chi connectivity index (χ4v) is 0. The van der Waals surface area contributed by atoms with Crippen LogP contribution in [-0.2, 0) is 25.6 Å². The van der Waals surface area contributed by atoms with E-state index in [2.05, 4.69) is 0 Å². The monoisotopic (exact) mass is 237 g/mol. The van der Waals surface area contributed by atoms with Crippen LogP contribution in [0.15, 0.2) is 0 Å². The molecular weight excluding hydrogens is 235 g/mol. The second kappa shape index (κ2) is 12.0. The second-order valence-corrected chi connectivity index (χ2v) is 3.05. The van der Waals surface area contributed by atoms with Gasteiger partial charge in [0.2, 0.25) is 0 Å². The molecule has 0 fully saturated rings. The molecule has 0 aromatic carbocycles. The van der Waals surface area contributed by atoms with Crippen molar-refractivity contribution in [1.29, 1.82) is 0 Å². The first-order valence-corrected chi connectivity index (χ1v) is 4.86. The molecule has 0 saturated heterocycles. The van der Waals surface area contributed by atoms with Crippen LogP contribution in [0.5, 0.6) is 0 Å². The molecule has 0 bridgehead atoms. The Morgan fingerprint density at radius 3 is 0.923 bits per heavy atom. The van der Waals surface area contributed by atoms with Gasteiger partial charge >= 0.3 is 86.0 Å². The van der Waals surface area contributed by atoms with Gasteiger partial charge < -0.3 is 19.2 Å². The summed E-state index contributed by atoms with van der Waals surface area (Å²) < 4.78 is 40.4. The number of phosphoric acid groups is 1. The zero-order valence-corrected chi connectivity index (χ0v) is 9.24. The molecule has 0 rings (SSSR count). The molecule has 2 N–H and O–H groups in total. The fourth-order valence-electron chi connectivity index (χ4n) is 0. The molecule has 0 aliphatic heterocycles. The third-order valence-corrected chi connectivity index (χ3v) is 0. The van der Waals surface area contributed by atoms with E-state index in [4.69, 9.17) is 35.3 Å². The SMILES string of the molecule is O=P([O-])([O-])[O-].[Li+].[Li+].[Li+].[O]=[Mn](=[O])([OH])[OH]. The van der Waals surface area contributed by atoms with Crippen molar-refractivity contribution in [3.8, 4) is 0 Å². The zero-order chi connectivity index (χ0) is 9.00. The van der Waals surface area contributed by atoms with Crippen molar-refractivity contribution in [3.05, 3.63) is 0 Å². The molecule has 0 atom stereocenters. The molecule has 0 aliphatic rings. The van der Waals surface area contributed by atoms with E-state index in [0.717, 1.165) is 0 Å². The molecular formula is H2Li3MnO8P. The Balaban J connectivity index is -0.0000000267. The number of hydrogen-bond donors (Lipinski definition) is 2. The van der Waals surface area contributed by atoms with E-state index in [1.807, 2.05) is 0 Å². The van der Waals surface area contributed by atoms with E-state index in [1.54, 1.807) is 0 Å². The van der Waals surface area contributed by atoms with Crippen molar-refractivity contribution in [2.24, 2.45) is 0 Å². The van der Waals surface area contributed by atoms with Crippen LogP contribution in [0, 0.1) is 0 Å². The molecule has 0 aliphatic carbocycles. The molecule has 0 amide bonds. The molecule has 13 heteroatoms. The Bertz CT molecular complexity index is 197. The predicted molar refractivity (Wildman–Crippen MR) is 13.4 cm³/mol. The predicted octanol–water partition coefficient (Wildman–Crippen LogP) is -13.2. The quantitative estimate of drug-likeness (QED) is 0.309. The van der Waals surface area contributed by atoms with Crippen molar-refractivity contribution in [3.63, 3.8) is 0 Å². The van der Waals surface area contributed by atoms with Crippen LogP contribution in [0.3, 0.4) is 0 Å². The summed E-state index contributed by atoms with van der Waals surface area (Å²) in [4.78, 5) is 25.6. The molecule has 0 aromatic rings. The summed E-state index contributed by atoms with van der Waals surface area (Å²) in [5, 5.41) is 0. The molecule has 8 nitrogen and oxygen atoms in total. The van der Waals surface area contributed by atoms with Gasteiger partial charge in [-0.2, -0.15) is 7.82 Å². The van der Waals surface area contributed by atoms with Gasteiger partial charge in [0.25, 0.3) is 0 Å². The average Bonchev–Trinajstić information content (AvgIpc) is 1.12.